The summed E-state index contributed by atoms with van der Waals surface area (Å²) in [5.74, 6) is 0.237. The predicted octanol–water partition coefficient (Wildman–Crippen LogP) is 0.571. The van der Waals surface area contributed by atoms with Gasteiger partial charge in [-0.1, -0.05) is 0 Å². The first-order valence-corrected chi connectivity index (χ1v) is 7.70. The van der Waals surface area contributed by atoms with Crippen LogP contribution in [0.1, 0.15) is 16.2 Å². The van der Waals surface area contributed by atoms with Gasteiger partial charge in [-0.2, -0.15) is 0 Å². The number of aromatic nitrogens is 5. The molecule has 3 aromatic rings. The molecule has 0 atom stereocenters. The van der Waals surface area contributed by atoms with E-state index in [-0.39, 0.29) is 23.9 Å². The molecule has 3 aromatic heterocycles. The van der Waals surface area contributed by atoms with Crippen molar-refractivity contribution in [2.75, 3.05) is 7.11 Å². The number of amides is 1. The summed E-state index contributed by atoms with van der Waals surface area (Å²) in [4.78, 5) is 40.9. The van der Waals surface area contributed by atoms with Gasteiger partial charge in [0.15, 0.2) is 0 Å². The van der Waals surface area contributed by atoms with Gasteiger partial charge in [-0.05, 0) is 18.2 Å². The lowest BCUT2D eigenvalue weighted by Crippen LogP contribution is -2.29. The van der Waals surface area contributed by atoms with E-state index in [1.54, 1.807) is 31.4 Å². The molecular weight excluding hydrogens is 336 g/mol. The Morgan fingerprint density at radius 1 is 1.23 bits per heavy atom. The molecule has 0 bridgehead atoms. The van der Waals surface area contributed by atoms with Crippen molar-refractivity contribution in [3.63, 3.8) is 0 Å². The molecule has 1 N–H and O–H groups in total. The molecule has 0 saturated carbocycles. The summed E-state index contributed by atoms with van der Waals surface area (Å²) in [6.07, 6.45) is 4.48. The zero-order valence-corrected chi connectivity index (χ0v) is 14.2. The third-order valence-electron chi connectivity index (χ3n) is 3.69. The molecule has 9 heteroatoms. The van der Waals surface area contributed by atoms with Gasteiger partial charge in [0.05, 0.1) is 25.0 Å². The Morgan fingerprint density at radius 3 is 2.81 bits per heavy atom. The first kappa shape index (κ1) is 17.2. The number of ether oxygens (including phenoxy) is 1. The minimum Gasteiger partial charge on any atom is -0.480 e. The predicted molar refractivity (Wildman–Crippen MR) is 92.5 cm³/mol. The van der Waals surface area contributed by atoms with Gasteiger partial charge in [0.1, 0.15) is 17.7 Å². The number of methoxy groups -OCH3 is 1. The summed E-state index contributed by atoms with van der Waals surface area (Å²) in [6.45, 7) is 0.0571. The van der Waals surface area contributed by atoms with Gasteiger partial charge in [-0.15, -0.1) is 0 Å². The van der Waals surface area contributed by atoms with Crippen LogP contribution < -0.4 is 15.6 Å². The van der Waals surface area contributed by atoms with E-state index in [1.165, 1.54) is 30.3 Å². The number of pyridine rings is 1. The Labute approximate surface area is 148 Å². The maximum atomic E-state index is 12.4. The normalized spacial score (nSPS) is 10.4. The molecular formula is C17H16N6O3. The van der Waals surface area contributed by atoms with Gasteiger partial charge < -0.3 is 10.1 Å². The van der Waals surface area contributed by atoms with Crippen molar-refractivity contribution in [2.24, 2.45) is 7.05 Å². The molecule has 0 spiro atoms. The second-order valence-corrected chi connectivity index (χ2v) is 5.29. The van der Waals surface area contributed by atoms with Crippen molar-refractivity contribution in [3.8, 4) is 17.3 Å². The standard InChI is InChI=1S/C17H16N6O3/c1-23-14(9-20-16(25)11-4-3-6-19-17(11)26-2)22-13(8-15(23)24)12-5-7-18-10-21-12/h3-8,10H,9H2,1-2H3,(H,20,25). The van der Waals surface area contributed by atoms with E-state index in [2.05, 4.69) is 25.3 Å². The monoisotopic (exact) mass is 352 g/mol. The van der Waals surface area contributed by atoms with E-state index in [0.29, 0.717) is 22.8 Å². The van der Waals surface area contributed by atoms with E-state index < -0.39 is 0 Å². The van der Waals surface area contributed by atoms with Crippen LogP contribution >= 0.6 is 0 Å². The third-order valence-corrected chi connectivity index (χ3v) is 3.69. The van der Waals surface area contributed by atoms with Crippen LogP contribution in [0.2, 0.25) is 0 Å². The van der Waals surface area contributed by atoms with Crippen LogP contribution in [-0.2, 0) is 13.6 Å². The van der Waals surface area contributed by atoms with Crippen LogP contribution in [0.5, 0.6) is 5.88 Å². The van der Waals surface area contributed by atoms with Crippen molar-refractivity contribution in [3.05, 3.63) is 64.7 Å². The summed E-state index contributed by atoms with van der Waals surface area (Å²) < 4.78 is 6.45. The van der Waals surface area contributed by atoms with Crippen molar-refractivity contribution < 1.29 is 9.53 Å². The molecule has 0 aliphatic carbocycles. The molecule has 0 saturated heterocycles. The largest absolute Gasteiger partial charge is 0.480 e. The summed E-state index contributed by atoms with van der Waals surface area (Å²) >= 11 is 0. The topological polar surface area (TPSA) is 112 Å². The molecule has 0 radical (unpaired) electrons. The zero-order chi connectivity index (χ0) is 18.5. The molecule has 132 valence electrons. The minimum absolute atomic E-state index is 0.0571. The lowest BCUT2D eigenvalue weighted by atomic mass is 10.2. The lowest BCUT2D eigenvalue weighted by Gasteiger charge is -2.11. The summed E-state index contributed by atoms with van der Waals surface area (Å²) in [5.41, 5.74) is 0.988. The first-order valence-electron chi connectivity index (χ1n) is 7.70. The van der Waals surface area contributed by atoms with E-state index in [4.69, 9.17) is 4.74 Å². The maximum absolute atomic E-state index is 12.4. The number of carbonyl (C=O) groups is 1. The quantitative estimate of drug-likeness (QED) is 0.714. The summed E-state index contributed by atoms with van der Waals surface area (Å²) in [7, 11) is 3.03. The van der Waals surface area contributed by atoms with Crippen LogP contribution in [0.15, 0.2) is 47.8 Å². The number of nitrogens with zero attached hydrogens (tertiary/aromatic N) is 5. The minimum atomic E-state index is -0.378. The first-order chi connectivity index (χ1) is 12.6. The average molecular weight is 352 g/mol. The molecule has 3 heterocycles. The Morgan fingerprint density at radius 2 is 2.08 bits per heavy atom. The molecule has 0 aromatic carbocycles. The van der Waals surface area contributed by atoms with Crippen LogP contribution in [0.3, 0.4) is 0 Å². The SMILES string of the molecule is COc1ncccc1C(=O)NCc1nc(-c2ccncn2)cc(=O)n1C. The Bertz CT molecular complexity index is 987. The van der Waals surface area contributed by atoms with E-state index in [9.17, 15) is 9.59 Å². The summed E-state index contributed by atoms with van der Waals surface area (Å²) in [5, 5.41) is 2.72. The van der Waals surface area contributed by atoms with Crippen LogP contribution in [0, 0.1) is 0 Å². The molecule has 9 nitrogen and oxygen atoms in total. The Balaban J connectivity index is 1.85. The smallest absolute Gasteiger partial charge is 0.257 e. The van der Waals surface area contributed by atoms with Crippen LogP contribution in [-0.4, -0.2) is 37.5 Å². The van der Waals surface area contributed by atoms with Crippen LogP contribution in [0.25, 0.3) is 11.4 Å². The van der Waals surface area contributed by atoms with Crippen molar-refractivity contribution in [1.82, 2.24) is 29.8 Å². The fraction of sp³-hybridized carbons (Fsp3) is 0.176. The highest BCUT2D eigenvalue weighted by molar-refractivity contribution is 5.96. The molecule has 26 heavy (non-hydrogen) atoms. The van der Waals surface area contributed by atoms with Gasteiger partial charge >= 0.3 is 0 Å². The number of rotatable bonds is 5. The van der Waals surface area contributed by atoms with E-state index in [0.717, 1.165) is 0 Å². The van der Waals surface area contributed by atoms with Gasteiger partial charge in [-0.3, -0.25) is 14.2 Å². The highest BCUT2D eigenvalue weighted by Crippen LogP contribution is 2.14. The van der Waals surface area contributed by atoms with Gasteiger partial charge in [0, 0.05) is 25.5 Å². The second-order valence-electron chi connectivity index (χ2n) is 5.29. The number of nitrogens with one attached hydrogen (secondary N) is 1. The van der Waals surface area contributed by atoms with E-state index >= 15 is 0 Å². The maximum Gasteiger partial charge on any atom is 0.257 e. The molecule has 0 fully saturated rings. The fourth-order valence-corrected chi connectivity index (χ4v) is 2.30. The molecule has 0 aliphatic heterocycles. The van der Waals surface area contributed by atoms with Gasteiger partial charge in [0.25, 0.3) is 11.5 Å². The van der Waals surface area contributed by atoms with Gasteiger partial charge in [0.2, 0.25) is 5.88 Å². The molecule has 0 unspecified atom stereocenters. The van der Waals surface area contributed by atoms with Crippen molar-refractivity contribution >= 4 is 5.91 Å². The average Bonchev–Trinajstić information content (AvgIpc) is 2.69. The second kappa shape index (κ2) is 7.51. The molecule has 0 aliphatic rings. The van der Waals surface area contributed by atoms with Crippen LogP contribution in [0.4, 0.5) is 0 Å². The number of carbonyl (C=O) groups excluding carboxylic acids is 1. The summed E-state index contributed by atoms with van der Waals surface area (Å²) in [6, 6.07) is 6.29. The molecule has 1 amide bonds. The fourth-order valence-electron chi connectivity index (χ4n) is 2.30. The van der Waals surface area contributed by atoms with Gasteiger partial charge in [-0.25, -0.2) is 19.9 Å². The highest BCUT2D eigenvalue weighted by atomic mass is 16.5. The highest BCUT2D eigenvalue weighted by Gasteiger charge is 2.14. The Kier molecular flexibility index (Phi) is 4.97. The number of hydrogen-bond donors (Lipinski definition) is 1. The Hall–Kier alpha value is -3.62. The number of hydrogen-bond acceptors (Lipinski definition) is 7. The molecule has 3 rings (SSSR count). The van der Waals surface area contributed by atoms with Crippen molar-refractivity contribution in [2.45, 2.75) is 6.54 Å². The lowest BCUT2D eigenvalue weighted by molar-refractivity contribution is 0.0945. The van der Waals surface area contributed by atoms with E-state index in [1.807, 2.05) is 0 Å². The van der Waals surface area contributed by atoms with Crippen molar-refractivity contribution in [1.29, 1.82) is 0 Å². The third kappa shape index (κ3) is 3.56. The zero-order valence-electron chi connectivity index (χ0n) is 14.2.